The summed E-state index contributed by atoms with van der Waals surface area (Å²) in [5.74, 6) is -0.854. The normalized spacial score (nSPS) is 14.0. The van der Waals surface area contributed by atoms with Crippen molar-refractivity contribution in [2.75, 3.05) is 47.5 Å². The van der Waals surface area contributed by atoms with Crippen LogP contribution >= 0.6 is 7.82 Å². The molecule has 2 atom stereocenters. The minimum atomic E-state index is -4.64. The molecular formula is C59H104NO8P. The van der Waals surface area contributed by atoms with E-state index in [0.29, 0.717) is 17.4 Å². The van der Waals surface area contributed by atoms with E-state index in [1.807, 2.05) is 21.1 Å². The quantitative estimate of drug-likeness (QED) is 0.0195. The Labute approximate surface area is 424 Å². The van der Waals surface area contributed by atoms with Crippen molar-refractivity contribution in [1.82, 2.24) is 0 Å². The zero-order chi connectivity index (χ0) is 50.6. The summed E-state index contributed by atoms with van der Waals surface area (Å²) in [6.45, 7) is 4.11. The summed E-state index contributed by atoms with van der Waals surface area (Å²) in [7, 11) is 1.15. The first-order chi connectivity index (χ1) is 33.5. The zero-order valence-electron chi connectivity index (χ0n) is 45.0. The molecule has 0 aliphatic heterocycles. The number of nitrogens with zero attached hydrogens (tertiary/aromatic N) is 1. The molecule has 9 nitrogen and oxygen atoms in total. The summed E-state index contributed by atoms with van der Waals surface area (Å²) >= 11 is 0. The lowest BCUT2D eigenvalue weighted by Crippen LogP contribution is -2.37. The van der Waals surface area contributed by atoms with Gasteiger partial charge in [0.15, 0.2) is 6.10 Å². The van der Waals surface area contributed by atoms with E-state index in [2.05, 4.69) is 98.9 Å². The van der Waals surface area contributed by atoms with Crippen LogP contribution in [0.15, 0.2) is 85.1 Å². The average Bonchev–Trinajstić information content (AvgIpc) is 3.31. The van der Waals surface area contributed by atoms with Crippen LogP contribution in [0.5, 0.6) is 0 Å². The molecule has 0 aromatic heterocycles. The molecule has 0 saturated carbocycles. The fraction of sp³-hybridized carbons (Fsp3) is 0.729. The maximum absolute atomic E-state index is 12.8. The predicted molar refractivity (Wildman–Crippen MR) is 291 cm³/mol. The second-order valence-corrected chi connectivity index (χ2v) is 21.0. The summed E-state index contributed by atoms with van der Waals surface area (Å²) in [6.07, 6.45) is 66.2. The van der Waals surface area contributed by atoms with Crippen LogP contribution in [0.3, 0.4) is 0 Å². The van der Waals surface area contributed by atoms with Crippen molar-refractivity contribution >= 4 is 19.8 Å². The van der Waals surface area contributed by atoms with Gasteiger partial charge in [0.1, 0.15) is 19.8 Å². The van der Waals surface area contributed by atoms with Crippen molar-refractivity contribution < 1.29 is 42.1 Å². The number of rotatable bonds is 50. The van der Waals surface area contributed by atoms with Gasteiger partial charge >= 0.3 is 11.9 Å². The number of carbonyl (C=O) groups is 2. The third-order valence-corrected chi connectivity index (χ3v) is 12.6. The van der Waals surface area contributed by atoms with Crippen molar-refractivity contribution in [1.29, 1.82) is 0 Å². The number of phosphoric acid groups is 1. The number of carbonyl (C=O) groups excluding carboxylic acids is 2. The molecule has 0 aromatic rings. The fourth-order valence-electron chi connectivity index (χ4n) is 7.40. The molecule has 0 aromatic carbocycles. The Morgan fingerprint density at radius 1 is 0.464 bits per heavy atom. The molecule has 0 radical (unpaired) electrons. The second-order valence-electron chi connectivity index (χ2n) is 19.6. The van der Waals surface area contributed by atoms with E-state index < -0.39 is 26.5 Å². The van der Waals surface area contributed by atoms with Crippen LogP contribution in [0.25, 0.3) is 0 Å². The summed E-state index contributed by atoms with van der Waals surface area (Å²) in [6, 6.07) is 0. The van der Waals surface area contributed by atoms with Crippen LogP contribution < -0.4 is 4.89 Å². The number of phosphoric ester groups is 1. The van der Waals surface area contributed by atoms with E-state index in [1.165, 1.54) is 96.3 Å². The highest BCUT2D eigenvalue weighted by Crippen LogP contribution is 2.38. The van der Waals surface area contributed by atoms with Crippen molar-refractivity contribution in [2.24, 2.45) is 0 Å². The maximum Gasteiger partial charge on any atom is 0.306 e. The van der Waals surface area contributed by atoms with Gasteiger partial charge in [0.05, 0.1) is 27.7 Å². The summed E-state index contributed by atoms with van der Waals surface area (Å²) in [5.41, 5.74) is 0. The number of likely N-dealkylation sites (N-methyl/N-ethyl adjacent to an activating group) is 1. The standard InChI is InChI=1S/C59H104NO8P/c1-6-8-10-12-14-16-18-20-22-24-26-27-28-29-30-31-32-33-34-36-38-40-42-44-46-48-50-52-59(62)68-57(56-67-69(63,64)66-54-53-60(3,4)5)55-65-58(61)51-49-47-45-43-41-39-37-35-25-23-21-19-17-15-13-11-9-7-2/h8,10,14,16,20,22,26-27,29-30,32-33,36,38,57H,6-7,9,11-13,15,17-19,21,23-25,28,31,34-35,37,39-56H2,1-5H3/b10-8-,16-14-,22-20-,27-26-,30-29-,33-32-,38-36-. The van der Waals surface area contributed by atoms with Crippen LogP contribution in [-0.4, -0.2) is 70.0 Å². The number of hydrogen-bond donors (Lipinski definition) is 0. The highest BCUT2D eigenvalue weighted by molar-refractivity contribution is 7.45. The van der Waals surface area contributed by atoms with Crippen LogP contribution in [-0.2, 0) is 32.7 Å². The van der Waals surface area contributed by atoms with Crippen LogP contribution in [0.1, 0.15) is 226 Å². The Morgan fingerprint density at radius 2 is 0.826 bits per heavy atom. The van der Waals surface area contributed by atoms with Crippen LogP contribution in [0.2, 0.25) is 0 Å². The van der Waals surface area contributed by atoms with Crippen molar-refractivity contribution in [3.8, 4) is 0 Å². The summed E-state index contributed by atoms with van der Waals surface area (Å²) in [5, 5.41) is 0. The van der Waals surface area contributed by atoms with Gasteiger partial charge in [-0.15, -0.1) is 0 Å². The molecule has 0 bridgehead atoms. The van der Waals surface area contributed by atoms with Crippen LogP contribution in [0.4, 0.5) is 0 Å². The monoisotopic (exact) mass is 986 g/mol. The van der Waals surface area contributed by atoms with E-state index in [-0.39, 0.29) is 32.0 Å². The number of unbranched alkanes of at least 4 members (excludes halogenated alkanes) is 22. The number of esters is 2. The van der Waals surface area contributed by atoms with Crippen LogP contribution in [0, 0.1) is 0 Å². The first-order valence-corrected chi connectivity index (χ1v) is 29.3. The van der Waals surface area contributed by atoms with Gasteiger partial charge in [-0.25, -0.2) is 0 Å². The lowest BCUT2D eigenvalue weighted by molar-refractivity contribution is -0.870. The molecular weight excluding hydrogens is 882 g/mol. The van der Waals surface area contributed by atoms with Gasteiger partial charge in [0.2, 0.25) is 0 Å². The zero-order valence-corrected chi connectivity index (χ0v) is 45.9. The van der Waals surface area contributed by atoms with Gasteiger partial charge in [-0.1, -0.05) is 227 Å². The fourth-order valence-corrected chi connectivity index (χ4v) is 8.13. The summed E-state index contributed by atoms with van der Waals surface area (Å²) in [4.78, 5) is 37.8. The maximum atomic E-state index is 12.8. The number of allylic oxidation sites excluding steroid dienone is 14. The van der Waals surface area contributed by atoms with Crippen molar-refractivity contribution in [3.63, 3.8) is 0 Å². The average molecular weight is 986 g/mol. The van der Waals surface area contributed by atoms with Crippen molar-refractivity contribution in [3.05, 3.63) is 85.1 Å². The van der Waals surface area contributed by atoms with E-state index >= 15 is 0 Å². The van der Waals surface area contributed by atoms with Gasteiger partial charge in [0, 0.05) is 12.8 Å². The Balaban J connectivity index is 4.27. The minimum Gasteiger partial charge on any atom is -0.756 e. The highest BCUT2D eigenvalue weighted by Gasteiger charge is 2.21. The SMILES string of the molecule is CC/C=C\C/C=C\C/C=C\C/C=C\C/C=C\C/C=C\C/C=C\CCCCCCCC(=O)OC(COC(=O)CCCCCCCCCCCCCCCCCCCC)COP(=O)([O-])OCC[N+](C)(C)C. The number of hydrogen-bond acceptors (Lipinski definition) is 8. The minimum absolute atomic E-state index is 0.0380. The van der Waals surface area contributed by atoms with E-state index in [1.54, 1.807) is 0 Å². The largest absolute Gasteiger partial charge is 0.756 e. The first-order valence-electron chi connectivity index (χ1n) is 27.8. The van der Waals surface area contributed by atoms with Gasteiger partial charge in [0.25, 0.3) is 7.82 Å². The molecule has 69 heavy (non-hydrogen) atoms. The molecule has 0 heterocycles. The predicted octanol–water partition coefficient (Wildman–Crippen LogP) is 16.5. The molecule has 2 unspecified atom stereocenters. The molecule has 0 N–H and O–H groups in total. The van der Waals surface area contributed by atoms with Gasteiger partial charge < -0.3 is 27.9 Å². The topological polar surface area (TPSA) is 111 Å². The van der Waals surface area contributed by atoms with E-state index in [9.17, 15) is 19.0 Å². The first kappa shape index (κ1) is 66.2. The molecule has 0 aliphatic carbocycles. The number of quaternary nitrogens is 1. The molecule has 0 amide bonds. The summed E-state index contributed by atoms with van der Waals surface area (Å²) < 4.78 is 34.1. The highest BCUT2D eigenvalue weighted by atomic mass is 31.2. The Hall–Kier alpha value is -2.81. The van der Waals surface area contributed by atoms with Gasteiger partial charge in [-0.2, -0.15) is 0 Å². The lowest BCUT2D eigenvalue weighted by Gasteiger charge is -2.28. The molecule has 10 heteroatoms. The van der Waals surface area contributed by atoms with Gasteiger partial charge in [-0.05, 0) is 70.6 Å². The molecule has 0 spiro atoms. The van der Waals surface area contributed by atoms with E-state index in [4.69, 9.17) is 18.5 Å². The molecule has 398 valence electrons. The molecule has 0 rings (SSSR count). The van der Waals surface area contributed by atoms with E-state index in [0.717, 1.165) is 96.3 Å². The molecule has 0 saturated heterocycles. The third kappa shape index (κ3) is 54.4. The molecule has 0 fully saturated rings. The Morgan fingerprint density at radius 3 is 1.23 bits per heavy atom. The van der Waals surface area contributed by atoms with Gasteiger partial charge in [-0.3, -0.25) is 14.2 Å². The Kier molecular flexibility index (Phi) is 48.1. The van der Waals surface area contributed by atoms with Crippen molar-refractivity contribution in [2.45, 2.75) is 232 Å². The smallest absolute Gasteiger partial charge is 0.306 e. The molecule has 0 aliphatic rings. The third-order valence-electron chi connectivity index (χ3n) is 11.7. The lowest BCUT2D eigenvalue weighted by atomic mass is 10.0. The number of ether oxygens (including phenoxy) is 2. The second kappa shape index (κ2) is 50.1. The Bertz CT molecular complexity index is 1440.